The fourth-order valence-electron chi connectivity index (χ4n) is 3.01. The molecule has 2 atom stereocenters. The topological polar surface area (TPSA) is 87.3 Å². The second-order valence-electron chi connectivity index (χ2n) is 5.86. The van der Waals surface area contributed by atoms with Gasteiger partial charge < -0.3 is 19.9 Å². The predicted molar refractivity (Wildman–Crippen MR) is 87.3 cm³/mol. The first-order chi connectivity index (χ1) is 12.0. The quantitative estimate of drug-likeness (QED) is 0.829. The number of nitrogens with zero attached hydrogens (tertiary/aromatic N) is 2. The Morgan fingerprint density at radius 1 is 1.48 bits per heavy atom. The summed E-state index contributed by atoms with van der Waals surface area (Å²) in [5, 5.41) is 2.62. The van der Waals surface area contributed by atoms with Gasteiger partial charge in [0.05, 0.1) is 19.1 Å². The summed E-state index contributed by atoms with van der Waals surface area (Å²) in [7, 11) is 1.26. The Morgan fingerprint density at radius 3 is 3.00 bits per heavy atom. The summed E-state index contributed by atoms with van der Waals surface area (Å²) in [5.41, 5.74) is 2.21. The lowest BCUT2D eigenvalue weighted by Crippen LogP contribution is -2.50. The van der Waals surface area contributed by atoms with E-state index in [-0.39, 0.29) is 5.82 Å². The van der Waals surface area contributed by atoms with Crippen molar-refractivity contribution >= 4 is 12.0 Å². The van der Waals surface area contributed by atoms with E-state index in [9.17, 15) is 14.0 Å². The Hall–Kier alpha value is -2.90. The normalized spacial score (nSPS) is 17.6. The van der Waals surface area contributed by atoms with Gasteiger partial charge in [-0.25, -0.2) is 19.0 Å². The Balaban J connectivity index is 1.92. The van der Waals surface area contributed by atoms with Crippen molar-refractivity contribution < 1.29 is 18.7 Å². The molecule has 2 unspecified atom stereocenters. The van der Waals surface area contributed by atoms with E-state index in [0.29, 0.717) is 24.2 Å². The van der Waals surface area contributed by atoms with E-state index in [1.165, 1.54) is 19.2 Å². The molecular formula is C17H19FN4O3. The molecule has 1 aromatic carbocycles. The van der Waals surface area contributed by atoms with Crippen molar-refractivity contribution in [3.63, 3.8) is 0 Å². The number of imidazole rings is 1. The third kappa shape index (κ3) is 3.33. The number of carbonyl (C=O) groups is 2. The maximum atomic E-state index is 13.7. The zero-order chi connectivity index (χ0) is 18.0. The number of H-pyrrole nitrogens is 1. The second kappa shape index (κ2) is 6.92. The molecule has 7 nitrogen and oxygen atoms in total. The van der Waals surface area contributed by atoms with Gasteiger partial charge in [0.15, 0.2) is 0 Å². The zero-order valence-electron chi connectivity index (χ0n) is 14.0. The van der Waals surface area contributed by atoms with Crippen LogP contribution in [-0.2, 0) is 16.0 Å². The Morgan fingerprint density at radius 2 is 2.28 bits per heavy atom. The van der Waals surface area contributed by atoms with Crippen molar-refractivity contribution in [3.05, 3.63) is 53.4 Å². The lowest BCUT2D eigenvalue weighted by Gasteiger charge is -2.35. The van der Waals surface area contributed by atoms with Gasteiger partial charge in [-0.05, 0) is 24.6 Å². The fourth-order valence-corrected chi connectivity index (χ4v) is 3.01. The predicted octanol–water partition coefficient (Wildman–Crippen LogP) is 1.77. The first-order valence-corrected chi connectivity index (χ1v) is 7.94. The van der Waals surface area contributed by atoms with Crippen LogP contribution >= 0.6 is 0 Å². The number of ether oxygens (including phenoxy) is 1. The SMILES string of the molecule is COC(=O)C(C)NC(=O)N1CCc2[nH]cnc2C1c1cccc(F)c1. The number of fused-ring (bicyclic) bond motifs is 1. The molecule has 8 heteroatoms. The number of nitrogens with one attached hydrogen (secondary N) is 2. The Labute approximate surface area is 144 Å². The van der Waals surface area contributed by atoms with Crippen LogP contribution in [-0.4, -0.2) is 46.6 Å². The number of esters is 1. The molecular weight excluding hydrogens is 327 g/mol. The summed E-state index contributed by atoms with van der Waals surface area (Å²) in [6, 6.07) is 4.34. The summed E-state index contributed by atoms with van der Waals surface area (Å²) in [6.45, 7) is 1.96. The van der Waals surface area contributed by atoms with Crippen molar-refractivity contribution in [2.75, 3.05) is 13.7 Å². The van der Waals surface area contributed by atoms with Gasteiger partial charge >= 0.3 is 12.0 Å². The number of benzene rings is 1. The smallest absolute Gasteiger partial charge is 0.328 e. The van der Waals surface area contributed by atoms with Gasteiger partial charge in [-0.15, -0.1) is 0 Å². The maximum absolute atomic E-state index is 13.7. The minimum absolute atomic E-state index is 0.386. The highest BCUT2D eigenvalue weighted by Crippen LogP contribution is 2.33. The molecule has 1 aliphatic rings. The third-order valence-electron chi connectivity index (χ3n) is 4.24. The van der Waals surface area contributed by atoms with Gasteiger partial charge in [0.2, 0.25) is 0 Å². The molecule has 2 N–H and O–H groups in total. The average molecular weight is 346 g/mol. The number of carbonyl (C=O) groups excluding carboxylic acids is 2. The van der Waals surface area contributed by atoms with E-state index in [1.807, 2.05) is 0 Å². The molecule has 0 bridgehead atoms. The van der Waals surface area contributed by atoms with E-state index >= 15 is 0 Å². The average Bonchev–Trinajstić information content (AvgIpc) is 3.08. The van der Waals surface area contributed by atoms with Gasteiger partial charge in [-0.3, -0.25) is 0 Å². The lowest BCUT2D eigenvalue weighted by molar-refractivity contribution is -0.142. The summed E-state index contributed by atoms with van der Waals surface area (Å²) in [4.78, 5) is 33.2. The molecule has 0 saturated carbocycles. The largest absolute Gasteiger partial charge is 0.467 e. The highest BCUT2D eigenvalue weighted by molar-refractivity contribution is 5.83. The van der Waals surface area contributed by atoms with Crippen molar-refractivity contribution in [2.24, 2.45) is 0 Å². The van der Waals surface area contributed by atoms with Gasteiger partial charge in [0.1, 0.15) is 17.9 Å². The molecule has 0 saturated heterocycles. The zero-order valence-corrected chi connectivity index (χ0v) is 14.0. The van der Waals surface area contributed by atoms with E-state index in [2.05, 4.69) is 20.0 Å². The standard InChI is InChI=1S/C17H19FN4O3/c1-10(16(23)25-2)21-17(24)22-7-6-13-14(20-9-19-13)15(22)11-4-3-5-12(18)8-11/h3-5,8-10,15H,6-7H2,1-2H3,(H,19,20)(H,21,24). The molecule has 0 spiro atoms. The van der Waals surface area contributed by atoms with Crippen LogP contribution in [0.1, 0.15) is 29.9 Å². The number of halogens is 1. The van der Waals surface area contributed by atoms with Crippen LogP contribution in [0.15, 0.2) is 30.6 Å². The van der Waals surface area contributed by atoms with Crippen molar-refractivity contribution in [1.82, 2.24) is 20.2 Å². The summed E-state index contributed by atoms with van der Waals surface area (Å²) < 4.78 is 18.3. The van der Waals surface area contributed by atoms with Gasteiger partial charge in [0, 0.05) is 18.7 Å². The number of urea groups is 1. The van der Waals surface area contributed by atoms with E-state index in [0.717, 1.165) is 5.69 Å². The van der Waals surface area contributed by atoms with Crippen LogP contribution in [0.25, 0.3) is 0 Å². The molecule has 1 aromatic heterocycles. The minimum Gasteiger partial charge on any atom is -0.467 e. The van der Waals surface area contributed by atoms with Gasteiger partial charge in [-0.1, -0.05) is 12.1 Å². The first kappa shape index (κ1) is 16.9. The molecule has 0 aliphatic carbocycles. The summed E-state index contributed by atoms with van der Waals surface area (Å²) in [6.07, 6.45) is 2.16. The molecule has 2 aromatic rings. The second-order valence-corrected chi connectivity index (χ2v) is 5.86. The Bertz CT molecular complexity index is 792. The van der Waals surface area contributed by atoms with E-state index < -0.39 is 24.1 Å². The van der Waals surface area contributed by atoms with Crippen LogP contribution in [0.3, 0.4) is 0 Å². The van der Waals surface area contributed by atoms with Crippen molar-refractivity contribution in [2.45, 2.75) is 25.4 Å². The van der Waals surface area contributed by atoms with Gasteiger partial charge in [-0.2, -0.15) is 0 Å². The van der Waals surface area contributed by atoms with Crippen molar-refractivity contribution in [1.29, 1.82) is 0 Å². The molecule has 25 heavy (non-hydrogen) atoms. The van der Waals surface area contributed by atoms with Gasteiger partial charge in [0.25, 0.3) is 0 Å². The first-order valence-electron chi connectivity index (χ1n) is 7.94. The third-order valence-corrected chi connectivity index (χ3v) is 4.24. The highest BCUT2D eigenvalue weighted by Gasteiger charge is 2.35. The van der Waals surface area contributed by atoms with Crippen LogP contribution in [0.4, 0.5) is 9.18 Å². The summed E-state index contributed by atoms with van der Waals surface area (Å²) in [5.74, 6) is -0.920. The Kier molecular flexibility index (Phi) is 4.69. The van der Waals surface area contributed by atoms with E-state index in [1.54, 1.807) is 30.3 Å². The molecule has 0 fully saturated rings. The minimum atomic E-state index is -0.786. The lowest BCUT2D eigenvalue weighted by atomic mass is 9.96. The number of hydrogen-bond donors (Lipinski definition) is 2. The van der Waals surface area contributed by atoms with Crippen molar-refractivity contribution in [3.8, 4) is 0 Å². The van der Waals surface area contributed by atoms with Crippen LogP contribution in [0.5, 0.6) is 0 Å². The molecule has 3 rings (SSSR count). The molecule has 0 radical (unpaired) electrons. The number of methoxy groups -OCH3 is 1. The van der Waals surface area contributed by atoms with E-state index in [4.69, 9.17) is 0 Å². The number of hydrogen-bond acceptors (Lipinski definition) is 4. The molecule has 2 amide bonds. The summed E-state index contributed by atoms with van der Waals surface area (Å²) >= 11 is 0. The number of rotatable bonds is 3. The monoisotopic (exact) mass is 346 g/mol. The van der Waals surface area contributed by atoms with Crippen LogP contribution in [0.2, 0.25) is 0 Å². The van der Waals surface area contributed by atoms with Crippen LogP contribution < -0.4 is 5.32 Å². The fraction of sp³-hybridized carbons (Fsp3) is 0.353. The number of aromatic nitrogens is 2. The molecule has 1 aliphatic heterocycles. The maximum Gasteiger partial charge on any atom is 0.328 e. The molecule has 2 heterocycles. The number of amides is 2. The number of aromatic amines is 1. The highest BCUT2D eigenvalue weighted by atomic mass is 19.1. The molecule has 132 valence electrons. The van der Waals surface area contributed by atoms with Crippen LogP contribution in [0, 0.1) is 5.82 Å².